The number of nitrogens with one attached hydrogen (secondary N) is 3. The standard InChI is InChI=1S/C39H34ClN3O5S/c1-25-20-33(35(48-3)24-32(25)40)42-39(46)36(27-13-6-4-7-14-27)49-31-19-11-17-29(23-31)41-38(45)34(22-26-12-10-18-30(21-26)47-2)43-37(44)28-15-8-5-9-16-28/h4-24,36H,1-3H3,(H,41,45)(H,42,46)(H,43,44)/b34-22-. The maximum absolute atomic E-state index is 13.8. The van der Waals surface area contributed by atoms with Crippen molar-refractivity contribution in [3.63, 3.8) is 0 Å². The highest BCUT2D eigenvalue weighted by Gasteiger charge is 2.24. The molecule has 0 heterocycles. The van der Waals surface area contributed by atoms with Gasteiger partial charge in [-0.25, -0.2) is 0 Å². The lowest BCUT2D eigenvalue weighted by atomic mass is 10.1. The first kappa shape index (κ1) is 34.8. The molecule has 0 fully saturated rings. The number of thioether (sulfide) groups is 1. The molecular weight excluding hydrogens is 658 g/mol. The predicted octanol–water partition coefficient (Wildman–Crippen LogP) is 8.55. The van der Waals surface area contributed by atoms with Gasteiger partial charge in [0.25, 0.3) is 11.8 Å². The molecule has 248 valence electrons. The summed E-state index contributed by atoms with van der Waals surface area (Å²) in [5.74, 6) is -0.176. The van der Waals surface area contributed by atoms with Crippen molar-refractivity contribution in [1.29, 1.82) is 0 Å². The van der Waals surface area contributed by atoms with E-state index in [2.05, 4.69) is 16.0 Å². The summed E-state index contributed by atoms with van der Waals surface area (Å²) in [6.07, 6.45) is 1.58. The van der Waals surface area contributed by atoms with Crippen LogP contribution in [0.3, 0.4) is 0 Å². The molecule has 0 aliphatic carbocycles. The number of methoxy groups -OCH3 is 2. The van der Waals surface area contributed by atoms with E-state index < -0.39 is 17.1 Å². The van der Waals surface area contributed by atoms with Gasteiger partial charge in [-0.2, -0.15) is 0 Å². The molecule has 49 heavy (non-hydrogen) atoms. The number of halogens is 1. The number of rotatable bonds is 12. The summed E-state index contributed by atoms with van der Waals surface area (Å²) in [6.45, 7) is 1.85. The first-order valence-electron chi connectivity index (χ1n) is 15.2. The van der Waals surface area contributed by atoms with Gasteiger partial charge in [-0.15, -0.1) is 11.8 Å². The highest BCUT2D eigenvalue weighted by Crippen LogP contribution is 2.39. The molecule has 5 rings (SSSR count). The molecule has 0 aromatic heterocycles. The molecule has 0 bridgehead atoms. The molecule has 3 N–H and O–H groups in total. The average Bonchev–Trinajstić information content (AvgIpc) is 3.12. The molecule has 0 aliphatic rings. The van der Waals surface area contributed by atoms with Gasteiger partial charge in [0.1, 0.15) is 22.4 Å². The van der Waals surface area contributed by atoms with E-state index >= 15 is 0 Å². The fourth-order valence-corrected chi connectivity index (χ4v) is 6.09. The maximum atomic E-state index is 13.8. The third kappa shape index (κ3) is 9.31. The minimum Gasteiger partial charge on any atom is -0.497 e. The summed E-state index contributed by atoms with van der Waals surface area (Å²) in [6, 6.07) is 35.8. The summed E-state index contributed by atoms with van der Waals surface area (Å²) in [5, 5.41) is 8.54. The van der Waals surface area contributed by atoms with E-state index in [9.17, 15) is 14.4 Å². The van der Waals surface area contributed by atoms with Crippen LogP contribution in [0.5, 0.6) is 11.5 Å². The normalized spacial score (nSPS) is 11.6. The Morgan fingerprint density at radius 2 is 1.49 bits per heavy atom. The zero-order chi connectivity index (χ0) is 34.8. The quantitative estimate of drug-likeness (QED) is 0.0895. The lowest BCUT2D eigenvalue weighted by Crippen LogP contribution is -2.30. The number of hydrogen-bond donors (Lipinski definition) is 3. The zero-order valence-corrected chi connectivity index (χ0v) is 28.6. The summed E-state index contributed by atoms with van der Waals surface area (Å²) < 4.78 is 10.8. The van der Waals surface area contributed by atoms with Gasteiger partial charge in [-0.3, -0.25) is 14.4 Å². The van der Waals surface area contributed by atoms with Crippen molar-refractivity contribution in [2.75, 3.05) is 24.9 Å². The number of ether oxygens (including phenoxy) is 2. The number of anilines is 2. The van der Waals surface area contributed by atoms with Crippen molar-refractivity contribution < 1.29 is 23.9 Å². The number of benzene rings is 5. The third-order valence-electron chi connectivity index (χ3n) is 7.36. The Labute approximate surface area is 294 Å². The minimum atomic E-state index is -0.651. The highest BCUT2D eigenvalue weighted by atomic mass is 35.5. The topological polar surface area (TPSA) is 106 Å². The Hall–Kier alpha value is -5.51. The fourth-order valence-electron chi connectivity index (χ4n) is 4.85. The highest BCUT2D eigenvalue weighted by molar-refractivity contribution is 8.00. The number of hydrogen-bond acceptors (Lipinski definition) is 6. The Kier molecular flexibility index (Phi) is 11.8. The summed E-state index contributed by atoms with van der Waals surface area (Å²) in [5.41, 5.74) is 3.66. The molecule has 0 radical (unpaired) electrons. The Morgan fingerprint density at radius 3 is 2.20 bits per heavy atom. The van der Waals surface area contributed by atoms with Gasteiger partial charge in [0.2, 0.25) is 5.91 Å². The van der Waals surface area contributed by atoms with Gasteiger partial charge in [0.15, 0.2) is 0 Å². The average molecular weight is 692 g/mol. The zero-order valence-electron chi connectivity index (χ0n) is 27.0. The van der Waals surface area contributed by atoms with Crippen LogP contribution in [-0.2, 0) is 9.59 Å². The smallest absolute Gasteiger partial charge is 0.272 e. The molecule has 5 aromatic rings. The van der Waals surface area contributed by atoms with Gasteiger partial charge < -0.3 is 25.4 Å². The summed E-state index contributed by atoms with van der Waals surface area (Å²) in [4.78, 5) is 41.3. The first-order chi connectivity index (χ1) is 23.7. The lowest BCUT2D eigenvalue weighted by Gasteiger charge is -2.19. The van der Waals surface area contributed by atoms with Crippen LogP contribution in [0.15, 0.2) is 132 Å². The molecule has 8 nitrogen and oxygen atoms in total. The van der Waals surface area contributed by atoms with Crippen LogP contribution in [0.4, 0.5) is 11.4 Å². The first-order valence-corrected chi connectivity index (χ1v) is 16.5. The van der Waals surface area contributed by atoms with E-state index in [1.165, 1.54) is 18.9 Å². The molecule has 0 saturated heterocycles. The van der Waals surface area contributed by atoms with E-state index in [0.29, 0.717) is 39.0 Å². The molecule has 10 heteroatoms. The second-order valence-corrected chi connectivity index (χ2v) is 12.4. The van der Waals surface area contributed by atoms with Crippen molar-refractivity contribution >= 4 is 58.5 Å². The SMILES string of the molecule is COc1cccc(/C=C(\NC(=O)c2ccccc2)C(=O)Nc2cccc(SC(C(=O)Nc3cc(C)c(Cl)cc3OC)c3ccccc3)c2)c1. The number of carbonyl (C=O) groups is 3. The Bertz CT molecular complexity index is 1990. The van der Waals surface area contributed by atoms with E-state index in [1.54, 1.807) is 92.0 Å². The van der Waals surface area contributed by atoms with Crippen LogP contribution < -0.4 is 25.4 Å². The van der Waals surface area contributed by atoms with E-state index in [-0.39, 0.29) is 11.6 Å². The molecule has 1 unspecified atom stereocenters. The van der Waals surface area contributed by atoms with Crippen LogP contribution >= 0.6 is 23.4 Å². The second-order valence-electron chi connectivity index (χ2n) is 10.8. The fraction of sp³-hybridized carbons (Fsp3) is 0.103. The summed E-state index contributed by atoms with van der Waals surface area (Å²) in [7, 11) is 3.07. The van der Waals surface area contributed by atoms with Crippen molar-refractivity contribution in [2.45, 2.75) is 17.1 Å². The second kappa shape index (κ2) is 16.5. The molecule has 3 amide bonds. The van der Waals surface area contributed by atoms with Crippen LogP contribution in [0.2, 0.25) is 5.02 Å². The molecule has 0 aliphatic heterocycles. The minimum absolute atomic E-state index is 0.0360. The number of carbonyl (C=O) groups excluding carboxylic acids is 3. The van der Waals surface area contributed by atoms with Crippen LogP contribution in [-0.4, -0.2) is 31.9 Å². The Balaban J connectivity index is 1.40. The van der Waals surface area contributed by atoms with Gasteiger partial charge in [0.05, 0.1) is 19.9 Å². The monoisotopic (exact) mass is 691 g/mol. The van der Waals surface area contributed by atoms with Crippen molar-refractivity contribution in [3.8, 4) is 11.5 Å². The van der Waals surface area contributed by atoms with Gasteiger partial charge in [0, 0.05) is 27.2 Å². The van der Waals surface area contributed by atoms with Crippen LogP contribution in [0, 0.1) is 6.92 Å². The molecule has 0 saturated carbocycles. The van der Waals surface area contributed by atoms with Crippen molar-refractivity contribution in [3.05, 3.63) is 154 Å². The third-order valence-corrected chi connectivity index (χ3v) is 9.01. The van der Waals surface area contributed by atoms with E-state index in [0.717, 1.165) is 16.0 Å². The maximum Gasteiger partial charge on any atom is 0.272 e. The molecule has 0 spiro atoms. The summed E-state index contributed by atoms with van der Waals surface area (Å²) >= 11 is 7.61. The predicted molar refractivity (Wildman–Crippen MR) is 196 cm³/mol. The molecular formula is C39H34ClN3O5S. The van der Waals surface area contributed by atoms with Crippen LogP contribution in [0.1, 0.15) is 32.3 Å². The van der Waals surface area contributed by atoms with Crippen molar-refractivity contribution in [1.82, 2.24) is 5.32 Å². The van der Waals surface area contributed by atoms with E-state index in [1.807, 2.05) is 49.4 Å². The van der Waals surface area contributed by atoms with Gasteiger partial charge >= 0.3 is 0 Å². The number of amides is 3. The molecule has 5 aromatic carbocycles. The van der Waals surface area contributed by atoms with Crippen LogP contribution in [0.25, 0.3) is 6.08 Å². The lowest BCUT2D eigenvalue weighted by molar-refractivity contribution is -0.116. The van der Waals surface area contributed by atoms with Crippen molar-refractivity contribution in [2.24, 2.45) is 0 Å². The van der Waals surface area contributed by atoms with Gasteiger partial charge in [-0.05, 0) is 78.2 Å². The largest absolute Gasteiger partial charge is 0.497 e. The molecule has 1 atom stereocenters. The Morgan fingerprint density at radius 1 is 0.776 bits per heavy atom. The number of aryl methyl sites for hydroxylation is 1. The van der Waals surface area contributed by atoms with E-state index in [4.69, 9.17) is 21.1 Å². The van der Waals surface area contributed by atoms with Gasteiger partial charge in [-0.1, -0.05) is 78.3 Å².